The molecule has 0 aromatic heterocycles. The zero-order chi connectivity index (χ0) is 10.1. The molecule has 0 N–H and O–H groups in total. The van der Waals surface area contributed by atoms with Crippen LogP contribution in [-0.2, 0) is 22.4 Å². The number of fused-ring (bicyclic) bond motifs is 1. The van der Waals surface area contributed by atoms with E-state index < -0.39 is 0 Å². The molecule has 0 bridgehead atoms. The van der Waals surface area contributed by atoms with Crippen LogP contribution in [0.2, 0.25) is 0 Å². The molecule has 2 nitrogen and oxygen atoms in total. The van der Waals surface area contributed by atoms with Crippen LogP contribution in [0.4, 0.5) is 0 Å². The van der Waals surface area contributed by atoms with Crippen molar-refractivity contribution in [3.8, 4) is 0 Å². The highest BCUT2D eigenvalue weighted by atomic mass is 16.5. The Balaban J connectivity index is 2.14. The van der Waals surface area contributed by atoms with E-state index in [4.69, 9.17) is 4.74 Å². The minimum atomic E-state index is -0.181. The number of carbonyl (C=O) groups excluding carboxylic acids is 1. The van der Waals surface area contributed by atoms with Crippen molar-refractivity contribution in [1.82, 2.24) is 0 Å². The summed E-state index contributed by atoms with van der Waals surface area (Å²) in [6.07, 6.45) is 1.80. The van der Waals surface area contributed by atoms with Gasteiger partial charge >= 0.3 is 5.97 Å². The molecule has 1 aliphatic carbocycles. The zero-order valence-corrected chi connectivity index (χ0v) is 8.54. The molecule has 0 radical (unpaired) electrons. The van der Waals surface area contributed by atoms with Gasteiger partial charge in [0.1, 0.15) is 6.10 Å². The second kappa shape index (κ2) is 3.45. The fraction of sp³-hybridized carbons (Fsp3) is 0.417. The van der Waals surface area contributed by atoms with E-state index in [0.29, 0.717) is 0 Å². The van der Waals surface area contributed by atoms with Gasteiger partial charge in [-0.3, -0.25) is 4.79 Å². The third kappa shape index (κ3) is 1.79. The van der Waals surface area contributed by atoms with Gasteiger partial charge < -0.3 is 4.74 Å². The summed E-state index contributed by atoms with van der Waals surface area (Å²) in [6.45, 7) is 3.55. The van der Waals surface area contributed by atoms with Crippen molar-refractivity contribution in [1.29, 1.82) is 0 Å². The Labute approximate surface area is 83.9 Å². The van der Waals surface area contributed by atoms with E-state index in [1.165, 1.54) is 23.6 Å². The predicted octanol–water partition coefficient (Wildman–Crippen LogP) is 2.03. The average Bonchev–Trinajstić information content (AvgIpc) is 2.44. The van der Waals surface area contributed by atoms with Gasteiger partial charge in [0, 0.05) is 19.8 Å². The number of rotatable bonds is 1. The number of hydrogen-bond acceptors (Lipinski definition) is 2. The first kappa shape index (κ1) is 9.25. The molecular formula is C12H14O2. The minimum absolute atomic E-state index is 0.0595. The van der Waals surface area contributed by atoms with E-state index in [0.717, 1.165) is 12.8 Å². The molecule has 0 saturated heterocycles. The van der Waals surface area contributed by atoms with Crippen LogP contribution < -0.4 is 0 Å². The van der Waals surface area contributed by atoms with Gasteiger partial charge in [0.05, 0.1) is 0 Å². The van der Waals surface area contributed by atoms with Crippen LogP contribution in [0, 0.1) is 6.92 Å². The molecule has 0 fully saturated rings. The maximum Gasteiger partial charge on any atom is 0.302 e. The quantitative estimate of drug-likeness (QED) is 0.633. The second-order valence-electron chi connectivity index (χ2n) is 3.91. The highest BCUT2D eigenvalue weighted by Gasteiger charge is 2.23. The summed E-state index contributed by atoms with van der Waals surface area (Å²) in [5.41, 5.74) is 3.92. The molecule has 2 rings (SSSR count). The van der Waals surface area contributed by atoms with Gasteiger partial charge in [-0.25, -0.2) is 0 Å². The SMILES string of the molecule is CC(=O)OC1Cc2ccc(C)cc2C1. The van der Waals surface area contributed by atoms with E-state index >= 15 is 0 Å². The van der Waals surface area contributed by atoms with Gasteiger partial charge in [-0.05, 0) is 18.1 Å². The monoisotopic (exact) mass is 190 g/mol. The number of benzene rings is 1. The van der Waals surface area contributed by atoms with Crippen molar-refractivity contribution in [3.63, 3.8) is 0 Å². The van der Waals surface area contributed by atoms with Crippen LogP contribution >= 0.6 is 0 Å². The third-order valence-electron chi connectivity index (χ3n) is 2.59. The van der Waals surface area contributed by atoms with Gasteiger partial charge in [-0.15, -0.1) is 0 Å². The van der Waals surface area contributed by atoms with E-state index in [1.807, 2.05) is 0 Å². The van der Waals surface area contributed by atoms with Crippen molar-refractivity contribution in [2.24, 2.45) is 0 Å². The molecule has 0 aliphatic heterocycles. The van der Waals surface area contributed by atoms with E-state index in [1.54, 1.807) is 0 Å². The molecule has 1 atom stereocenters. The maximum atomic E-state index is 10.8. The Morgan fingerprint density at radius 1 is 1.36 bits per heavy atom. The van der Waals surface area contributed by atoms with Crippen LogP contribution in [0.1, 0.15) is 23.6 Å². The number of hydrogen-bond donors (Lipinski definition) is 0. The summed E-state index contributed by atoms with van der Waals surface area (Å²) in [4.78, 5) is 10.8. The van der Waals surface area contributed by atoms with Crippen molar-refractivity contribution < 1.29 is 9.53 Å². The molecule has 1 unspecified atom stereocenters. The Morgan fingerprint density at radius 3 is 2.79 bits per heavy atom. The lowest BCUT2D eigenvalue weighted by Crippen LogP contribution is -2.15. The predicted molar refractivity (Wildman–Crippen MR) is 54.1 cm³/mol. The molecule has 0 amide bonds. The topological polar surface area (TPSA) is 26.3 Å². The number of carbonyl (C=O) groups is 1. The Hall–Kier alpha value is -1.31. The van der Waals surface area contributed by atoms with E-state index in [9.17, 15) is 4.79 Å². The second-order valence-corrected chi connectivity index (χ2v) is 3.91. The lowest BCUT2D eigenvalue weighted by Gasteiger charge is -2.08. The van der Waals surface area contributed by atoms with Crippen molar-refractivity contribution in [3.05, 3.63) is 34.9 Å². The molecule has 1 aromatic carbocycles. The summed E-state index contributed by atoms with van der Waals surface area (Å²) in [5, 5.41) is 0. The van der Waals surface area contributed by atoms with Gasteiger partial charge in [-0.1, -0.05) is 23.8 Å². The number of aryl methyl sites for hydroxylation is 1. The van der Waals surface area contributed by atoms with Crippen LogP contribution in [0.5, 0.6) is 0 Å². The maximum absolute atomic E-state index is 10.8. The van der Waals surface area contributed by atoms with Crippen molar-refractivity contribution in [2.45, 2.75) is 32.8 Å². The highest BCUT2D eigenvalue weighted by molar-refractivity contribution is 5.66. The fourth-order valence-electron chi connectivity index (χ4n) is 2.02. The summed E-state index contributed by atoms with van der Waals surface area (Å²) in [5.74, 6) is -0.181. The van der Waals surface area contributed by atoms with E-state index in [-0.39, 0.29) is 12.1 Å². The number of esters is 1. The first-order valence-electron chi connectivity index (χ1n) is 4.91. The fourth-order valence-corrected chi connectivity index (χ4v) is 2.02. The van der Waals surface area contributed by atoms with Crippen molar-refractivity contribution >= 4 is 5.97 Å². The van der Waals surface area contributed by atoms with Gasteiger partial charge in [0.2, 0.25) is 0 Å². The van der Waals surface area contributed by atoms with Crippen LogP contribution in [-0.4, -0.2) is 12.1 Å². The molecule has 1 aliphatic rings. The van der Waals surface area contributed by atoms with Gasteiger partial charge in [-0.2, -0.15) is 0 Å². The Bertz CT molecular complexity index is 369. The first-order chi connectivity index (χ1) is 6.65. The third-order valence-corrected chi connectivity index (χ3v) is 2.59. The largest absolute Gasteiger partial charge is 0.462 e. The minimum Gasteiger partial charge on any atom is -0.462 e. The molecule has 0 spiro atoms. The first-order valence-corrected chi connectivity index (χ1v) is 4.91. The summed E-state index contributed by atoms with van der Waals surface area (Å²) < 4.78 is 5.19. The van der Waals surface area contributed by atoms with Crippen LogP contribution in [0.15, 0.2) is 18.2 Å². The van der Waals surface area contributed by atoms with Gasteiger partial charge in [0.15, 0.2) is 0 Å². The molecule has 0 saturated carbocycles. The molecule has 1 aromatic rings. The average molecular weight is 190 g/mol. The smallest absolute Gasteiger partial charge is 0.302 e. The van der Waals surface area contributed by atoms with Gasteiger partial charge in [0.25, 0.3) is 0 Å². The lowest BCUT2D eigenvalue weighted by molar-refractivity contribution is -0.145. The van der Waals surface area contributed by atoms with Crippen LogP contribution in [0.25, 0.3) is 0 Å². The molecule has 0 heterocycles. The number of ether oxygens (including phenoxy) is 1. The van der Waals surface area contributed by atoms with Crippen molar-refractivity contribution in [2.75, 3.05) is 0 Å². The van der Waals surface area contributed by atoms with E-state index in [2.05, 4.69) is 25.1 Å². The lowest BCUT2D eigenvalue weighted by atomic mass is 10.1. The van der Waals surface area contributed by atoms with Crippen LogP contribution in [0.3, 0.4) is 0 Å². The molecule has 74 valence electrons. The Kier molecular flexibility index (Phi) is 2.28. The zero-order valence-electron chi connectivity index (χ0n) is 8.54. The summed E-state index contributed by atoms with van der Waals surface area (Å²) >= 11 is 0. The standard InChI is InChI=1S/C12H14O2/c1-8-3-4-10-6-12(14-9(2)13)7-11(10)5-8/h3-5,12H,6-7H2,1-2H3. The summed E-state index contributed by atoms with van der Waals surface area (Å²) in [7, 11) is 0. The molecule has 14 heavy (non-hydrogen) atoms. The highest BCUT2D eigenvalue weighted by Crippen LogP contribution is 2.25. The molecule has 2 heteroatoms. The Morgan fingerprint density at radius 2 is 2.07 bits per heavy atom. The summed E-state index contributed by atoms with van der Waals surface area (Å²) in [6, 6.07) is 6.42. The normalized spacial score (nSPS) is 19.1. The molecular weight excluding hydrogens is 176 g/mol.